The first-order valence-electron chi connectivity index (χ1n) is 5.22. The summed E-state index contributed by atoms with van der Waals surface area (Å²) in [6, 6.07) is 7.26. The van der Waals surface area contributed by atoms with E-state index < -0.39 is 0 Å². The maximum Gasteiger partial charge on any atom is 0.274 e. The van der Waals surface area contributed by atoms with Crippen LogP contribution in [0.15, 0.2) is 39.6 Å². The van der Waals surface area contributed by atoms with Crippen LogP contribution in [0.4, 0.5) is 0 Å². The molecule has 3 heterocycles. The van der Waals surface area contributed by atoms with E-state index in [0.29, 0.717) is 28.7 Å². The molecular weight excluding hydrogens is 232 g/mol. The minimum Gasteiger partial charge on any atom is -0.461 e. The molecule has 0 radical (unpaired) electrons. The van der Waals surface area contributed by atoms with Crippen LogP contribution in [0.25, 0.3) is 23.2 Å². The van der Waals surface area contributed by atoms with Gasteiger partial charge >= 0.3 is 0 Å². The number of furan rings is 1. The van der Waals surface area contributed by atoms with Gasteiger partial charge in [-0.1, -0.05) is 5.16 Å². The van der Waals surface area contributed by atoms with E-state index >= 15 is 0 Å². The summed E-state index contributed by atoms with van der Waals surface area (Å²) in [4.78, 5) is 4.23. The van der Waals surface area contributed by atoms with Crippen LogP contribution < -0.4 is 0 Å². The molecule has 0 aliphatic carbocycles. The fourth-order valence-electron chi connectivity index (χ4n) is 1.67. The molecule has 0 amide bonds. The summed E-state index contributed by atoms with van der Waals surface area (Å²) in [5.74, 6) is 1.28. The molecule has 0 fully saturated rings. The highest BCUT2D eigenvalue weighted by atomic mass is 16.5. The molecule has 0 aliphatic heterocycles. The van der Waals surface area contributed by atoms with Gasteiger partial charge in [0.25, 0.3) is 5.89 Å². The monoisotopic (exact) mass is 240 g/mol. The SMILES string of the molecule is Cn1cc(C#N)cc1-c1nc(-c2ccco2)no1. The molecule has 0 N–H and O–H groups in total. The number of aromatic nitrogens is 3. The lowest BCUT2D eigenvalue weighted by Crippen LogP contribution is -1.89. The van der Waals surface area contributed by atoms with Gasteiger partial charge in [-0.3, -0.25) is 0 Å². The highest BCUT2D eigenvalue weighted by Gasteiger charge is 2.15. The van der Waals surface area contributed by atoms with Gasteiger partial charge in [-0.2, -0.15) is 10.2 Å². The fraction of sp³-hybridized carbons (Fsp3) is 0.0833. The van der Waals surface area contributed by atoms with Gasteiger partial charge in [0.15, 0.2) is 5.76 Å². The fourth-order valence-corrected chi connectivity index (χ4v) is 1.67. The summed E-state index contributed by atoms with van der Waals surface area (Å²) in [5.41, 5.74) is 1.24. The van der Waals surface area contributed by atoms with E-state index in [9.17, 15) is 0 Å². The maximum atomic E-state index is 8.83. The second kappa shape index (κ2) is 3.89. The van der Waals surface area contributed by atoms with Gasteiger partial charge in [-0.15, -0.1) is 0 Å². The lowest BCUT2D eigenvalue weighted by molar-refractivity contribution is 0.427. The van der Waals surface area contributed by atoms with Crippen LogP contribution in [0.3, 0.4) is 0 Å². The lowest BCUT2D eigenvalue weighted by Gasteiger charge is -1.94. The Morgan fingerprint density at radius 1 is 1.44 bits per heavy atom. The van der Waals surface area contributed by atoms with Gasteiger partial charge < -0.3 is 13.5 Å². The number of hydrogen-bond acceptors (Lipinski definition) is 5. The van der Waals surface area contributed by atoms with Crippen molar-refractivity contribution in [2.24, 2.45) is 7.05 Å². The Labute approximate surface area is 102 Å². The van der Waals surface area contributed by atoms with Gasteiger partial charge in [0.2, 0.25) is 5.82 Å². The van der Waals surface area contributed by atoms with Crippen molar-refractivity contribution in [2.75, 3.05) is 0 Å². The van der Waals surface area contributed by atoms with E-state index in [1.165, 1.54) is 0 Å². The maximum absolute atomic E-state index is 8.83. The molecule has 0 spiro atoms. The topological polar surface area (TPSA) is 80.8 Å². The summed E-state index contributed by atoms with van der Waals surface area (Å²) < 4.78 is 12.1. The average molecular weight is 240 g/mol. The molecule has 3 aromatic heterocycles. The predicted molar refractivity (Wildman–Crippen MR) is 61.1 cm³/mol. The van der Waals surface area contributed by atoms with Crippen LogP contribution in [-0.2, 0) is 7.05 Å². The molecule has 0 unspecified atom stereocenters. The molecule has 0 saturated carbocycles. The Balaban J connectivity index is 2.03. The van der Waals surface area contributed by atoms with Gasteiger partial charge in [0, 0.05) is 13.2 Å². The van der Waals surface area contributed by atoms with Crippen LogP contribution >= 0.6 is 0 Å². The number of aryl methyl sites for hydroxylation is 1. The van der Waals surface area contributed by atoms with Crippen LogP contribution in [-0.4, -0.2) is 14.7 Å². The molecule has 0 atom stereocenters. The highest BCUT2D eigenvalue weighted by Crippen LogP contribution is 2.23. The Hall–Kier alpha value is -2.81. The highest BCUT2D eigenvalue weighted by molar-refractivity contribution is 5.56. The first kappa shape index (κ1) is 10.4. The third-order valence-corrected chi connectivity index (χ3v) is 2.52. The van der Waals surface area contributed by atoms with Crippen molar-refractivity contribution < 1.29 is 8.94 Å². The van der Waals surface area contributed by atoms with Crippen molar-refractivity contribution >= 4 is 0 Å². The smallest absolute Gasteiger partial charge is 0.274 e. The van der Waals surface area contributed by atoms with Crippen molar-refractivity contribution in [3.8, 4) is 29.2 Å². The van der Waals surface area contributed by atoms with Crippen molar-refractivity contribution in [1.82, 2.24) is 14.7 Å². The zero-order valence-corrected chi connectivity index (χ0v) is 9.49. The Morgan fingerprint density at radius 2 is 2.33 bits per heavy atom. The summed E-state index contributed by atoms with van der Waals surface area (Å²) in [7, 11) is 1.81. The van der Waals surface area contributed by atoms with Crippen LogP contribution in [0.1, 0.15) is 5.56 Å². The first-order valence-corrected chi connectivity index (χ1v) is 5.22. The molecule has 3 rings (SSSR count). The number of nitriles is 1. The van der Waals surface area contributed by atoms with E-state index in [4.69, 9.17) is 14.2 Å². The Bertz CT molecular complexity index is 716. The molecule has 6 nitrogen and oxygen atoms in total. The minimum absolute atomic E-state index is 0.352. The third-order valence-electron chi connectivity index (χ3n) is 2.52. The zero-order valence-electron chi connectivity index (χ0n) is 9.49. The molecule has 3 aromatic rings. The van der Waals surface area contributed by atoms with Gasteiger partial charge in [-0.05, 0) is 18.2 Å². The number of rotatable bonds is 2. The summed E-state index contributed by atoms with van der Waals surface area (Å²) in [5, 5.41) is 12.7. The van der Waals surface area contributed by atoms with Crippen molar-refractivity contribution in [3.05, 3.63) is 36.2 Å². The Morgan fingerprint density at radius 3 is 3.00 bits per heavy atom. The van der Waals surface area contributed by atoms with Crippen molar-refractivity contribution in [2.45, 2.75) is 0 Å². The van der Waals surface area contributed by atoms with E-state index in [-0.39, 0.29) is 0 Å². The third kappa shape index (κ3) is 1.58. The molecule has 18 heavy (non-hydrogen) atoms. The number of nitrogens with zero attached hydrogens (tertiary/aromatic N) is 4. The lowest BCUT2D eigenvalue weighted by atomic mass is 10.3. The standard InChI is InChI=1S/C12H8N4O2/c1-16-7-8(6-13)5-9(16)12-14-11(15-18-12)10-3-2-4-17-10/h2-5,7H,1H3. The van der Waals surface area contributed by atoms with E-state index in [1.807, 2.05) is 7.05 Å². The molecule has 6 heteroatoms. The minimum atomic E-state index is 0.352. The summed E-state index contributed by atoms with van der Waals surface area (Å²) >= 11 is 0. The Kier molecular flexibility index (Phi) is 2.24. The van der Waals surface area contributed by atoms with Gasteiger partial charge in [-0.25, -0.2) is 0 Å². The van der Waals surface area contributed by atoms with Crippen LogP contribution in [0.2, 0.25) is 0 Å². The molecule has 0 saturated heterocycles. The molecule has 0 bridgehead atoms. The predicted octanol–water partition coefficient (Wildman–Crippen LogP) is 2.21. The molecule has 0 aliphatic rings. The summed E-state index contributed by atoms with van der Waals surface area (Å²) in [6.07, 6.45) is 3.24. The van der Waals surface area contributed by atoms with E-state index in [0.717, 1.165) is 0 Å². The zero-order chi connectivity index (χ0) is 12.5. The second-order valence-electron chi connectivity index (χ2n) is 3.74. The quantitative estimate of drug-likeness (QED) is 0.685. The van der Waals surface area contributed by atoms with Gasteiger partial charge in [0.1, 0.15) is 11.8 Å². The molecular formula is C12H8N4O2. The van der Waals surface area contributed by atoms with E-state index in [1.54, 1.807) is 35.2 Å². The largest absolute Gasteiger partial charge is 0.461 e. The van der Waals surface area contributed by atoms with Crippen molar-refractivity contribution in [3.63, 3.8) is 0 Å². The van der Waals surface area contributed by atoms with Crippen LogP contribution in [0, 0.1) is 11.3 Å². The second-order valence-corrected chi connectivity index (χ2v) is 3.74. The van der Waals surface area contributed by atoms with Gasteiger partial charge in [0.05, 0.1) is 11.8 Å². The van der Waals surface area contributed by atoms with Crippen LogP contribution in [0.5, 0.6) is 0 Å². The number of hydrogen-bond donors (Lipinski definition) is 0. The van der Waals surface area contributed by atoms with E-state index in [2.05, 4.69) is 16.2 Å². The summed E-state index contributed by atoms with van der Waals surface area (Å²) in [6.45, 7) is 0. The molecule has 88 valence electrons. The first-order chi connectivity index (χ1) is 8.78. The normalized spacial score (nSPS) is 10.4. The molecule has 0 aromatic carbocycles. The average Bonchev–Trinajstić information content (AvgIpc) is 3.08. The van der Waals surface area contributed by atoms with Crippen molar-refractivity contribution in [1.29, 1.82) is 5.26 Å².